The van der Waals surface area contributed by atoms with Crippen LogP contribution >= 0.6 is 0 Å². The van der Waals surface area contributed by atoms with E-state index in [1.54, 1.807) is 0 Å². The molecule has 0 aliphatic heterocycles. The van der Waals surface area contributed by atoms with Crippen molar-refractivity contribution in [3.8, 4) is 39.6 Å². The molecule has 0 saturated heterocycles. The summed E-state index contributed by atoms with van der Waals surface area (Å²) in [5.74, 6) is 0.715. The molecule has 2 aliphatic rings. The standard InChI is InChI=1S/C40H31N3/c1-39(2)29-19-11-8-16-25(29)33-31(39)23-22-28-35(24-14-6-5-7-15-24)41-38(42-36(28)33)43-32-21-13-10-18-27(32)34-37(43)26-17-9-12-20-30(26)40(34,3)4/h5-23H,1-4H3. The third kappa shape index (κ3) is 3.09. The quantitative estimate of drug-likeness (QED) is 0.213. The van der Waals surface area contributed by atoms with Crippen LogP contribution in [0.2, 0.25) is 0 Å². The number of aromatic nitrogens is 3. The van der Waals surface area contributed by atoms with Crippen molar-refractivity contribution in [3.05, 3.63) is 138 Å². The number of hydrogen-bond donors (Lipinski definition) is 0. The van der Waals surface area contributed by atoms with E-state index in [2.05, 4.69) is 148 Å². The number of para-hydroxylation sites is 1. The minimum atomic E-state index is -0.139. The molecule has 0 fully saturated rings. The molecule has 0 unspecified atom stereocenters. The van der Waals surface area contributed by atoms with Crippen LogP contribution in [0.3, 0.4) is 0 Å². The molecule has 7 aromatic rings. The van der Waals surface area contributed by atoms with Crippen LogP contribution < -0.4 is 0 Å². The maximum absolute atomic E-state index is 5.54. The second kappa shape index (κ2) is 8.29. The molecular formula is C40H31N3. The molecule has 2 aromatic heterocycles. The summed E-state index contributed by atoms with van der Waals surface area (Å²) in [6.45, 7) is 9.35. The lowest BCUT2D eigenvalue weighted by atomic mass is 9.81. The highest BCUT2D eigenvalue weighted by atomic mass is 15.2. The molecule has 43 heavy (non-hydrogen) atoms. The smallest absolute Gasteiger partial charge is 0.235 e. The van der Waals surface area contributed by atoms with Crippen molar-refractivity contribution < 1.29 is 0 Å². The number of nitrogens with zero attached hydrogens (tertiary/aromatic N) is 3. The molecule has 5 aromatic carbocycles. The first-order valence-corrected chi connectivity index (χ1v) is 15.1. The minimum absolute atomic E-state index is 0.109. The van der Waals surface area contributed by atoms with Crippen LogP contribution in [0.4, 0.5) is 0 Å². The first kappa shape index (κ1) is 24.6. The van der Waals surface area contributed by atoms with Gasteiger partial charge in [-0.3, -0.25) is 4.57 Å². The molecule has 0 atom stereocenters. The fraction of sp³-hybridized carbons (Fsp3) is 0.150. The van der Waals surface area contributed by atoms with Gasteiger partial charge in [0.15, 0.2) is 0 Å². The molecular weight excluding hydrogens is 522 g/mol. The second-order valence-electron chi connectivity index (χ2n) is 13.0. The zero-order valence-corrected chi connectivity index (χ0v) is 24.8. The average molecular weight is 554 g/mol. The van der Waals surface area contributed by atoms with Gasteiger partial charge in [0.05, 0.1) is 22.4 Å². The van der Waals surface area contributed by atoms with E-state index < -0.39 is 0 Å². The van der Waals surface area contributed by atoms with E-state index in [9.17, 15) is 0 Å². The van der Waals surface area contributed by atoms with Gasteiger partial charge in [0.2, 0.25) is 5.95 Å². The molecule has 0 spiro atoms. The fourth-order valence-electron chi connectivity index (χ4n) is 7.99. The normalized spacial score (nSPS) is 15.3. The van der Waals surface area contributed by atoms with Gasteiger partial charge in [-0.2, -0.15) is 0 Å². The highest BCUT2D eigenvalue weighted by Gasteiger charge is 2.41. The maximum Gasteiger partial charge on any atom is 0.235 e. The minimum Gasteiger partial charge on any atom is -0.278 e. The molecule has 0 saturated carbocycles. The Bertz CT molecular complexity index is 2290. The molecule has 2 aliphatic carbocycles. The largest absolute Gasteiger partial charge is 0.278 e. The van der Waals surface area contributed by atoms with E-state index in [0.29, 0.717) is 5.95 Å². The van der Waals surface area contributed by atoms with Crippen molar-refractivity contribution in [3.63, 3.8) is 0 Å². The van der Waals surface area contributed by atoms with Crippen LogP contribution in [0.15, 0.2) is 115 Å². The molecule has 0 amide bonds. The lowest BCUT2D eigenvalue weighted by Gasteiger charge is -2.21. The van der Waals surface area contributed by atoms with E-state index >= 15 is 0 Å². The van der Waals surface area contributed by atoms with Gasteiger partial charge in [0, 0.05) is 38.3 Å². The molecule has 0 radical (unpaired) electrons. The number of benzene rings is 5. The van der Waals surface area contributed by atoms with Gasteiger partial charge < -0.3 is 0 Å². The van der Waals surface area contributed by atoms with E-state index in [1.807, 2.05) is 0 Å². The number of hydrogen-bond acceptors (Lipinski definition) is 2. The van der Waals surface area contributed by atoms with Gasteiger partial charge in [-0.1, -0.05) is 137 Å². The summed E-state index contributed by atoms with van der Waals surface area (Å²) in [6.07, 6.45) is 0. The Morgan fingerprint density at radius 3 is 1.98 bits per heavy atom. The van der Waals surface area contributed by atoms with E-state index in [-0.39, 0.29) is 10.8 Å². The summed E-state index contributed by atoms with van der Waals surface area (Å²) < 4.78 is 2.33. The Morgan fingerprint density at radius 2 is 1.19 bits per heavy atom. The van der Waals surface area contributed by atoms with E-state index in [0.717, 1.165) is 27.7 Å². The Balaban J connectivity index is 1.46. The van der Waals surface area contributed by atoms with Gasteiger partial charge in [-0.05, 0) is 33.9 Å². The van der Waals surface area contributed by atoms with E-state index in [4.69, 9.17) is 9.97 Å². The SMILES string of the molecule is CC1(C)c2ccccc2-c2c1ccc1c(-c3ccccc3)nc(-n3c4c(c5ccccc53)C(C)(C)c3ccccc3-4)nc21. The van der Waals surface area contributed by atoms with Crippen molar-refractivity contribution in [1.82, 2.24) is 14.5 Å². The van der Waals surface area contributed by atoms with Gasteiger partial charge in [-0.15, -0.1) is 0 Å². The predicted molar refractivity (Wildman–Crippen MR) is 177 cm³/mol. The first-order chi connectivity index (χ1) is 20.9. The Kier molecular flexibility index (Phi) is 4.74. The second-order valence-corrected chi connectivity index (χ2v) is 13.0. The topological polar surface area (TPSA) is 30.7 Å². The molecule has 9 rings (SSSR count). The average Bonchev–Trinajstić information content (AvgIpc) is 3.59. The molecule has 206 valence electrons. The van der Waals surface area contributed by atoms with Gasteiger partial charge in [-0.25, -0.2) is 9.97 Å². The van der Waals surface area contributed by atoms with Crippen LogP contribution in [-0.4, -0.2) is 14.5 Å². The van der Waals surface area contributed by atoms with Crippen molar-refractivity contribution in [2.45, 2.75) is 38.5 Å². The molecule has 0 bridgehead atoms. The van der Waals surface area contributed by atoms with Crippen molar-refractivity contribution in [1.29, 1.82) is 0 Å². The molecule has 0 N–H and O–H groups in total. The van der Waals surface area contributed by atoms with Crippen molar-refractivity contribution >= 4 is 21.8 Å². The number of fused-ring (bicyclic) bond motifs is 10. The first-order valence-electron chi connectivity index (χ1n) is 15.1. The fourth-order valence-corrected chi connectivity index (χ4v) is 7.99. The summed E-state index contributed by atoms with van der Waals surface area (Å²) in [5.41, 5.74) is 14.3. The molecule has 3 heteroatoms. The van der Waals surface area contributed by atoms with Crippen LogP contribution in [-0.2, 0) is 10.8 Å². The third-order valence-electron chi connectivity index (χ3n) is 10.0. The summed E-state index contributed by atoms with van der Waals surface area (Å²) in [7, 11) is 0. The highest BCUT2D eigenvalue weighted by molar-refractivity contribution is 6.06. The summed E-state index contributed by atoms with van der Waals surface area (Å²) in [4.78, 5) is 11.0. The summed E-state index contributed by atoms with van der Waals surface area (Å²) in [6, 6.07) is 41.5. The third-order valence-corrected chi connectivity index (χ3v) is 10.0. The summed E-state index contributed by atoms with van der Waals surface area (Å²) >= 11 is 0. The Morgan fingerprint density at radius 1 is 0.535 bits per heavy atom. The summed E-state index contributed by atoms with van der Waals surface area (Å²) in [5, 5.41) is 2.34. The lowest BCUT2D eigenvalue weighted by Crippen LogP contribution is -2.15. The van der Waals surface area contributed by atoms with Crippen molar-refractivity contribution in [2.75, 3.05) is 0 Å². The Labute approximate surface area is 251 Å². The van der Waals surface area contributed by atoms with Crippen LogP contribution in [0, 0.1) is 0 Å². The number of rotatable bonds is 2. The van der Waals surface area contributed by atoms with Gasteiger partial charge in [0.1, 0.15) is 0 Å². The zero-order chi connectivity index (χ0) is 29.1. The van der Waals surface area contributed by atoms with Gasteiger partial charge in [0.25, 0.3) is 0 Å². The predicted octanol–water partition coefficient (Wildman–Crippen LogP) is 9.85. The monoisotopic (exact) mass is 553 g/mol. The molecule has 3 nitrogen and oxygen atoms in total. The van der Waals surface area contributed by atoms with E-state index in [1.165, 1.54) is 50.0 Å². The lowest BCUT2D eigenvalue weighted by molar-refractivity contribution is 0.660. The highest BCUT2D eigenvalue weighted by Crippen LogP contribution is 2.54. The van der Waals surface area contributed by atoms with Crippen LogP contribution in [0.25, 0.3) is 61.4 Å². The molecule has 2 heterocycles. The van der Waals surface area contributed by atoms with Crippen LogP contribution in [0.5, 0.6) is 0 Å². The van der Waals surface area contributed by atoms with Crippen molar-refractivity contribution in [2.24, 2.45) is 0 Å². The van der Waals surface area contributed by atoms with Crippen LogP contribution in [0.1, 0.15) is 49.9 Å². The van der Waals surface area contributed by atoms with Gasteiger partial charge >= 0.3 is 0 Å². The zero-order valence-electron chi connectivity index (χ0n) is 24.8. The maximum atomic E-state index is 5.54. The Hall–Kier alpha value is -5.02.